The van der Waals surface area contributed by atoms with E-state index in [9.17, 15) is 13.2 Å². The molecule has 8 nitrogen and oxygen atoms in total. The SMILES string of the molecule is O=C(CN1CCN(S(=O)(=O)c2ccc3c(c2)OCCCO3)CC1)c1ccc[nH]1. The van der Waals surface area contributed by atoms with Gasteiger partial charge in [0.05, 0.1) is 30.3 Å². The number of ketones is 1. The van der Waals surface area contributed by atoms with Crippen LogP contribution in [0.4, 0.5) is 0 Å². The summed E-state index contributed by atoms with van der Waals surface area (Å²) in [7, 11) is -3.62. The van der Waals surface area contributed by atoms with Gasteiger partial charge in [-0.3, -0.25) is 9.69 Å². The van der Waals surface area contributed by atoms with E-state index in [0.29, 0.717) is 56.6 Å². The normalized spacial score (nSPS) is 18.6. The van der Waals surface area contributed by atoms with E-state index >= 15 is 0 Å². The highest BCUT2D eigenvalue weighted by atomic mass is 32.2. The fourth-order valence-electron chi connectivity index (χ4n) is 3.37. The standard InChI is InChI=1S/C19H23N3O5S/c23-17(16-3-1-6-20-16)14-21-7-9-22(10-8-21)28(24,25)15-4-5-18-19(13-15)27-12-2-11-26-18/h1,3-6,13,20H,2,7-12,14H2. The molecule has 0 bridgehead atoms. The zero-order chi connectivity index (χ0) is 19.6. The Bertz CT molecular complexity index is 934. The van der Waals surface area contributed by atoms with E-state index in [1.165, 1.54) is 10.4 Å². The molecule has 0 radical (unpaired) electrons. The van der Waals surface area contributed by atoms with Crippen molar-refractivity contribution in [3.05, 3.63) is 42.2 Å². The van der Waals surface area contributed by atoms with Gasteiger partial charge in [0.25, 0.3) is 0 Å². The molecule has 1 aromatic heterocycles. The van der Waals surface area contributed by atoms with Crippen molar-refractivity contribution in [1.82, 2.24) is 14.2 Å². The van der Waals surface area contributed by atoms with Crippen molar-refractivity contribution in [1.29, 1.82) is 0 Å². The van der Waals surface area contributed by atoms with E-state index in [0.717, 1.165) is 6.42 Å². The number of carbonyl (C=O) groups excluding carboxylic acids is 1. The first-order valence-electron chi connectivity index (χ1n) is 9.33. The molecule has 28 heavy (non-hydrogen) atoms. The number of hydrogen-bond acceptors (Lipinski definition) is 6. The van der Waals surface area contributed by atoms with E-state index in [1.54, 1.807) is 30.5 Å². The minimum absolute atomic E-state index is 0.00390. The molecule has 4 rings (SSSR count). The zero-order valence-corrected chi connectivity index (χ0v) is 16.3. The van der Waals surface area contributed by atoms with E-state index in [4.69, 9.17) is 9.47 Å². The smallest absolute Gasteiger partial charge is 0.243 e. The van der Waals surface area contributed by atoms with Gasteiger partial charge in [0, 0.05) is 44.9 Å². The predicted molar refractivity (Wildman–Crippen MR) is 102 cm³/mol. The summed E-state index contributed by atoms with van der Waals surface area (Å²) in [6.45, 7) is 3.04. The Labute approximate surface area is 164 Å². The molecule has 9 heteroatoms. The maximum absolute atomic E-state index is 13.0. The number of fused-ring (bicyclic) bond motifs is 1. The summed E-state index contributed by atoms with van der Waals surface area (Å²) in [5.74, 6) is 1.04. The molecular formula is C19H23N3O5S. The molecule has 0 unspecified atom stereocenters. The van der Waals surface area contributed by atoms with Crippen molar-refractivity contribution in [2.24, 2.45) is 0 Å². The average Bonchev–Trinajstić information content (AvgIpc) is 3.14. The number of nitrogens with one attached hydrogen (secondary N) is 1. The first-order valence-corrected chi connectivity index (χ1v) is 10.8. The molecule has 0 atom stereocenters. The molecule has 0 amide bonds. The largest absolute Gasteiger partial charge is 0.490 e. The Morgan fingerprint density at radius 1 is 1.04 bits per heavy atom. The maximum Gasteiger partial charge on any atom is 0.243 e. The molecule has 2 aliphatic rings. The summed E-state index contributed by atoms with van der Waals surface area (Å²) in [5.41, 5.74) is 0.572. The quantitative estimate of drug-likeness (QED) is 0.756. The number of H-pyrrole nitrogens is 1. The summed E-state index contributed by atoms with van der Waals surface area (Å²) < 4.78 is 38.7. The molecule has 1 aromatic carbocycles. The molecule has 2 aromatic rings. The number of carbonyl (C=O) groups is 1. The number of hydrogen-bond donors (Lipinski definition) is 1. The number of piperazine rings is 1. The summed E-state index contributed by atoms with van der Waals surface area (Å²) in [6, 6.07) is 8.28. The van der Waals surface area contributed by atoms with Gasteiger partial charge < -0.3 is 14.5 Å². The molecule has 1 fully saturated rings. The third-order valence-corrected chi connectivity index (χ3v) is 6.85. The van der Waals surface area contributed by atoms with Crippen LogP contribution in [0, 0.1) is 0 Å². The van der Waals surface area contributed by atoms with Crippen molar-refractivity contribution in [2.45, 2.75) is 11.3 Å². The second-order valence-corrected chi connectivity index (χ2v) is 8.78. The van der Waals surface area contributed by atoms with Crippen molar-refractivity contribution in [3.8, 4) is 11.5 Å². The van der Waals surface area contributed by atoms with Gasteiger partial charge >= 0.3 is 0 Å². The lowest BCUT2D eigenvalue weighted by Gasteiger charge is -2.33. The second-order valence-electron chi connectivity index (χ2n) is 6.85. The van der Waals surface area contributed by atoms with E-state index in [1.807, 2.05) is 4.90 Å². The molecule has 0 aliphatic carbocycles. The number of aromatic nitrogens is 1. The molecule has 150 valence electrons. The first kappa shape index (κ1) is 19.0. The van der Waals surface area contributed by atoms with Crippen molar-refractivity contribution in [3.63, 3.8) is 0 Å². The Morgan fingerprint density at radius 2 is 1.79 bits per heavy atom. The third kappa shape index (κ3) is 3.91. The van der Waals surface area contributed by atoms with Crippen LogP contribution in [0.5, 0.6) is 11.5 Å². The lowest BCUT2D eigenvalue weighted by atomic mass is 10.2. The highest BCUT2D eigenvalue weighted by Gasteiger charge is 2.30. The van der Waals surface area contributed by atoms with Crippen LogP contribution in [0.15, 0.2) is 41.4 Å². The van der Waals surface area contributed by atoms with Crippen LogP contribution >= 0.6 is 0 Å². The van der Waals surface area contributed by atoms with Gasteiger partial charge in [-0.1, -0.05) is 0 Å². The summed E-state index contributed by atoms with van der Waals surface area (Å²) >= 11 is 0. The van der Waals surface area contributed by atoms with Gasteiger partial charge in [-0.05, 0) is 24.3 Å². The summed E-state index contributed by atoms with van der Waals surface area (Å²) in [4.78, 5) is 17.3. The molecule has 0 saturated carbocycles. The predicted octanol–water partition coefficient (Wildman–Crippen LogP) is 1.37. The number of sulfonamides is 1. The highest BCUT2D eigenvalue weighted by molar-refractivity contribution is 7.89. The highest BCUT2D eigenvalue weighted by Crippen LogP contribution is 2.33. The maximum atomic E-state index is 13.0. The van der Waals surface area contributed by atoms with E-state index in [-0.39, 0.29) is 17.2 Å². The second kappa shape index (κ2) is 7.94. The van der Waals surface area contributed by atoms with Crippen molar-refractivity contribution < 1.29 is 22.7 Å². The van der Waals surface area contributed by atoms with Crippen LogP contribution in [0.1, 0.15) is 16.9 Å². The van der Waals surface area contributed by atoms with Gasteiger partial charge in [-0.25, -0.2) is 8.42 Å². The van der Waals surface area contributed by atoms with Crippen molar-refractivity contribution >= 4 is 15.8 Å². The Morgan fingerprint density at radius 3 is 2.50 bits per heavy atom. The Hall–Kier alpha value is -2.36. The van der Waals surface area contributed by atoms with Crippen LogP contribution in [0.3, 0.4) is 0 Å². The fourth-order valence-corrected chi connectivity index (χ4v) is 4.81. The van der Waals surface area contributed by atoms with Gasteiger partial charge in [0.1, 0.15) is 0 Å². The van der Waals surface area contributed by atoms with Crippen LogP contribution < -0.4 is 9.47 Å². The zero-order valence-electron chi connectivity index (χ0n) is 15.5. The van der Waals surface area contributed by atoms with Gasteiger partial charge in [0.15, 0.2) is 17.3 Å². The van der Waals surface area contributed by atoms with E-state index < -0.39 is 10.0 Å². The van der Waals surface area contributed by atoms with Crippen LogP contribution in [0.2, 0.25) is 0 Å². The number of nitrogens with zero attached hydrogens (tertiary/aromatic N) is 2. The molecule has 1 saturated heterocycles. The Kier molecular flexibility index (Phi) is 5.38. The van der Waals surface area contributed by atoms with Crippen molar-refractivity contribution in [2.75, 3.05) is 45.9 Å². The summed E-state index contributed by atoms with van der Waals surface area (Å²) in [6.07, 6.45) is 2.48. The average molecular weight is 405 g/mol. The number of ether oxygens (including phenoxy) is 2. The Balaban J connectivity index is 1.41. The summed E-state index contributed by atoms with van der Waals surface area (Å²) in [5, 5.41) is 0. The molecule has 0 spiro atoms. The van der Waals surface area contributed by atoms with Gasteiger partial charge in [0.2, 0.25) is 10.0 Å². The first-order chi connectivity index (χ1) is 13.5. The van der Waals surface area contributed by atoms with Gasteiger partial charge in [-0.15, -0.1) is 0 Å². The van der Waals surface area contributed by atoms with E-state index in [2.05, 4.69) is 4.98 Å². The minimum Gasteiger partial charge on any atom is -0.490 e. The van der Waals surface area contributed by atoms with Crippen LogP contribution in [-0.2, 0) is 10.0 Å². The molecular weight excluding hydrogens is 382 g/mol. The minimum atomic E-state index is -3.62. The number of Topliss-reactive ketones (excluding diaryl/α,β-unsaturated/α-hetero) is 1. The molecule has 2 aliphatic heterocycles. The lowest BCUT2D eigenvalue weighted by Crippen LogP contribution is -2.49. The van der Waals surface area contributed by atoms with Crippen LogP contribution in [0.25, 0.3) is 0 Å². The van der Waals surface area contributed by atoms with Gasteiger partial charge in [-0.2, -0.15) is 4.31 Å². The number of benzene rings is 1. The number of rotatable bonds is 5. The third-order valence-electron chi connectivity index (χ3n) is 4.95. The monoisotopic (exact) mass is 405 g/mol. The number of aromatic amines is 1. The fraction of sp³-hybridized carbons (Fsp3) is 0.421. The molecule has 3 heterocycles. The topological polar surface area (TPSA) is 91.9 Å². The van der Waals surface area contributed by atoms with Crippen LogP contribution in [-0.4, -0.2) is 74.3 Å². The molecule has 1 N–H and O–H groups in total. The lowest BCUT2D eigenvalue weighted by molar-refractivity contribution is 0.0897.